The maximum atomic E-state index is 11.7. The number of thiazole rings is 1. The van der Waals surface area contributed by atoms with E-state index in [-0.39, 0.29) is 23.8 Å². The van der Waals surface area contributed by atoms with Crippen molar-refractivity contribution in [2.45, 2.75) is 30.6 Å². The molecule has 2 rings (SSSR count). The molecule has 0 aliphatic rings. The van der Waals surface area contributed by atoms with E-state index in [4.69, 9.17) is 4.74 Å². The highest BCUT2D eigenvalue weighted by atomic mass is 32.2. The average molecular weight is 338 g/mol. The van der Waals surface area contributed by atoms with Crippen LogP contribution in [0.3, 0.4) is 0 Å². The number of hydrogen-bond donors (Lipinski definition) is 1. The van der Waals surface area contributed by atoms with Gasteiger partial charge in [0.2, 0.25) is 0 Å². The number of amides is 1. The highest BCUT2D eigenvalue weighted by molar-refractivity contribution is 8.01. The molecule has 0 fully saturated rings. The maximum absolute atomic E-state index is 11.7. The van der Waals surface area contributed by atoms with Crippen molar-refractivity contribution in [3.05, 3.63) is 24.3 Å². The van der Waals surface area contributed by atoms with Gasteiger partial charge in [-0.2, -0.15) is 0 Å². The highest BCUT2D eigenvalue weighted by Gasteiger charge is 2.15. The first kappa shape index (κ1) is 16.8. The van der Waals surface area contributed by atoms with Gasteiger partial charge in [-0.1, -0.05) is 23.9 Å². The van der Waals surface area contributed by atoms with Crippen LogP contribution in [0.25, 0.3) is 10.2 Å². The Morgan fingerprint density at radius 3 is 2.73 bits per heavy atom. The van der Waals surface area contributed by atoms with Crippen molar-refractivity contribution >= 4 is 45.2 Å². The molecule has 2 aromatic rings. The number of benzene rings is 1. The van der Waals surface area contributed by atoms with Crippen LogP contribution < -0.4 is 5.32 Å². The number of thioether (sulfide) groups is 1. The van der Waals surface area contributed by atoms with E-state index in [1.807, 2.05) is 45.0 Å². The van der Waals surface area contributed by atoms with Gasteiger partial charge in [0.15, 0.2) is 10.9 Å². The fourth-order valence-corrected chi connectivity index (χ4v) is 3.54. The first-order chi connectivity index (χ1) is 10.3. The van der Waals surface area contributed by atoms with Crippen LogP contribution >= 0.6 is 23.1 Å². The summed E-state index contributed by atoms with van der Waals surface area (Å²) in [6, 6.07) is 7.81. The Bertz CT molecular complexity index is 644. The maximum Gasteiger partial charge on any atom is 0.316 e. The molecule has 0 saturated heterocycles. The van der Waals surface area contributed by atoms with Gasteiger partial charge in [-0.05, 0) is 32.9 Å². The lowest BCUT2D eigenvalue weighted by atomic mass is 10.1. The molecular weight excluding hydrogens is 320 g/mol. The second-order valence-electron chi connectivity index (χ2n) is 5.70. The number of carbonyl (C=O) groups excluding carboxylic acids is 2. The molecule has 118 valence electrons. The number of ether oxygens (including phenoxy) is 1. The van der Waals surface area contributed by atoms with E-state index in [9.17, 15) is 9.59 Å². The van der Waals surface area contributed by atoms with E-state index in [2.05, 4.69) is 10.3 Å². The lowest BCUT2D eigenvalue weighted by Gasteiger charge is -2.20. The summed E-state index contributed by atoms with van der Waals surface area (Å²) in [5.41, 5.74) is 0.590. The molecule has 0 atom stereocenters. The summed E-state index contributed by atoms with van der Waals surface area (Å²) in [6.45, 7) is 5.36. The van der Waals surface area contributed by atoms with Crippen LogP contribution in [-0.2, 0) is 14.3 Å². The Morgan fingerprint density at radius 2 is 2.05 bits per heavy atom. The fourth-order valence-electron chi connectivity index (χ4n) is 1.68. The lowest BCUT2D eigenvalue weighted by Crippen LogP contribution is -2.42. The molecule has 7 heteroatoms. The normalized spacial score (nSPS) is 11.4. The van der Waals surface area contributed by atoms with Crippen molar-refractivity contribution in [1.29, 1.82) is 0 Å². The molecule has 0 aliphatic carbocycles. The zero-order valence-electron chi connectivity index (χ0n) is 12.7. The van der Waals surface area contributed by atoms with Crippen molar-refractivity contribution in [2.24, 2.45) is 0 Å². The molecular formula is C15H18N2O3S2. The van der Waals surface area contributed by atoms with Gasteiger partial charge in [-0.3, -0.25) is 9.59 Å². The van der Waals surface area contributed by atoms with Crippen molar-refractivity contribution in [3.63, 3.8) is 0 Å². The van der Waals surface area contributed by atoms with Crippen LogP contribution in [0.15, 0.2) is 28.6 Å². The SMILES string of the molecule is CC(C)(C)NC(=O)COC(=O)CSc1nc2ccccc2s1. The predicted molar refractivity (Wildman–Crippen MR) is 89.2 cm³/mol. The first-order valence-corrected chi connectivity index (χ1v) is 8.59. The van der Waals surface area contributed by atoms with Crippen LogP contribution in [0.1, 0.15) is 20.8 Å². The zero-order chi connectivity index (χ0) is 16.2. The average Bonchev–Trinajstić information content (AvgIpc) is 2.84. The smallest absolute Gasteiger partial charge is 0.316 e. The molecule has 0 unspecified atom stereocenters. The minimum absolute atomic E-state index is 0.141. The van der Waals surface area contributed by atoms with Gasteiger partial charge < -0.3 is 10.1 Å². The summed E-state index contributed by atoms with van der Waals surface area (Å²) in [5.74, 6) is -0.582. The number of rotatable bonds is 5. The summed E-state index contributed by atoms with van der Waals surface area (Å²) in [5, 5.41) is 2.73. The number of nitrogens with zero attached hydrogens (tertiary/aromatic N) is 1. The Hall–Kier alpha value is -1.60. The Labute approximate surface area is 137 Å². The number of carbonyl (C=O) groups is 2. The summed E-state index contributed by atoms with van der Waals surface area (Å²) >= 11 is 2.86. The molecule has 0 aliphatic heterocycles. The molecule has 0 radical (unpaired) electrons. The second-order valence-corrected chi connectivity index (χ2v) is 7.95. The molecule has 1 amide bonds. The number of hydrogen-bond acceptors (Lipinski definition) is 6. The highest BCUT2D eigenvalue weighted by Crippen LogP contribution is 2.29. The Morgan fingerprint density at radius 1 is 1.32 bits per heavy atom. The van der Waals surface area contributed by atoms with Gasteiger partial charge in [-0.15, -0.1) is 11.3 Å². The Balaban J connectivity index is 1.77. The third-order valence-corrected chi connectivity index (χ3v) is 4.62. The van der Waals surface area contributed by atoms with Crippen LogP contribution in [0.2, 0.25) is 0 Å². The van der Waals surface area contributed by atoms with E-state index in [0.717, 1.165) is 14.6 Å². The number of aromatic nitrogens is 1. The molecule has 1 aromatic carbocycles. The molecule has 1 aromatic heterocycles. The van der Waals surface area contributed by atoms with E-state index < -0.39 is 5.97 Å². The molecule has 22 heavy (non-hydrogen) atoms. The zero-order valence-corrected chi connectivity index (χ0v) is 14.3. The number of fused-ring (bicyclic) bond motifs is 1. The van der Waals surface area contributed by atoms with Crippen LogP contribution in [0, 0.1) is 0 Å². The van der Waals surface area contributed by atoms with Crippen LogP contribution in [0.4, 0.5) is 0 Å². The topological polar surface area (TPSA) is 68.3 Å². The Kier molecular flexibility index (Phi) is 5.42. The van der Waals surface area contributed by atoms with Gasteiger partial charge in [0.1, 0.15) is 0 Å². The molecule has 0 saturated carbocycles. The minimum atomic E-state index is -0.423. The molecule has 0 bridgehead atoms. The van der Waals surface area contributed by atoms with Gasteiger partial charge in [0, 0.05) is 5.54 Å². The molecule has 5 nitrogen and oxygen atoms in total. The quantitative estimate of drug-likeness (QED) is 0.671. The fraction of sp³-hybridized carbons (Fsp3) is 0.400. The second kappa shape index (κ2) is 7.11. The summed E-state index contributed by atoms with van der Waals surface area (Å²) in [6.07, 6.45) is 0. The number of para-hydroxylation sites is 1. The van der Waals surface area contributed by atoms with E-state index >= 15 is 0 Å². The van der Waals surface area contributed by atoms with Crippen molar-refractivity contribution in [3.8, 4) is 0 Å². The van der Waals surface area contributed by atoms with Crippen LogP contribution in [0.5, 0.6) is 0 Å². The van der Waals surface area contributed by atoms with Gasteiger partial charge in [-0.25, -0.2) is 4.98 Å². The van der Waals surface area contributed by atoms with E-state index in [1.165, 1.54) is 23.1 Å². The summed E-state index contributed by atoms with van der Waals surface area (Å²) < 4.78 is 6.85. The molecule has 0 spiro atoms. The lowest BCUT2D eigenvalue weighted by molar-refractivity contribution is -0.146. The third kappa shape index (κ3) is 5.31. The van der Waals surface area contributed by atoms with Crippen molar-refractivity contribution < 1.29 is 14.3 Å². The third-order valence-electron chi connectivity index (χ3n) is 2.47. The summed E-state index contributed by atoms with van der Waals surface area (Å²) in [7, 11) is 0. The van der Waals surface area contributed by atoms with E-state index in [1.54, 1.807) is 0 Å². The largest absolute Gasteiger partial charge is 0.455 e. The standard InChI is InChI=1S/C15H18N2O3S2/c1-15(2,3)17-12(18)8-20-13(19)9-21-14-16-10-6-4-5-7-11(10)22-14/h4-7H,8-9H2,1-3H3,(H,17,18). The van der Waals surface area contributed by atoms with Gasteiger partial charge in [0.05, 0.1) is 16.0 Å². The predicted octanol–water partition coefficient (Wildman–Crippen LogP) is 2.85. The minimum Gasteiger partial charge on any atom is -0.455 e. The number of nitrogens with one attached hydrogen (secondary N) is 1. The summed E-state index contributed by atoms with van der Waals surface area (Å²) in [4.78, 5) is 27.6. The van der Waals surface area contributed by atoms with Gasteiger partial charge >= 0.3 is 5.97 Å². The molecule has 1 heterocycles. The molecule has 1 N–H and O–H groups in total. The van der Waals surface area contributed by atoms with E-state index in [0.29, 0.717) is 0 Å². The number of esters is 1. The van der Waals surface area contributed by atoms with Crippen molar-refractivity contribution in [1.82, 2.24) is 10.3 Å². The first-order valence-electron chi connectivity index (χ1n) is 6.78. The van der Waals surface area contributed by atoms with Crippen molar-refractivity contribution in [2.75, 3.05) is 12.4 Å². The monoisotopic (exact) mass is 338 g/mol. The van der Waals surface area contributed by atoms with Crippen LogP contribution in [-0.4, -0.2) is 34.8 Å². The van der Waals surface area contributed by atoms with Gasteiger partial charge in [0.25, 0.3) is 5.91 Å².